The van der Waals surface area contributed by atoms with Crippen molar-refractivity contribution in [3.8, 4) is 0 Å². The molecule has 1 atom stereocenters. The first-order chi connectivity index (χ1) is 13.1. The minimum atomic E-state index is -0.838. The summed E-state index contributed by atoms with van der Waals surface area (Å²) >= 11 is 0. The SMILES string of the molecule is CCOC(=O)C1=C(N)n2c(=O)c3ccccc3c(=O)n2C1c1ccccc1. The van der Waals surface area contributed by atoms with Gasteiger partial charge in [0.05, 0.1) is 17.4 Å². The predicted octanol–water partition coefficient (Wildman–Crippen LogP) is 1.46. The van der Waals surface area contributed by atoms with Gasteiger partial charge in [0.1, 0.15) is 17.4 Å². The second kappa shape index (κ2) is 6.28. The zero-order chi connectivity index (χ0) is 19.1. The Morgan fingerprint density at radius 1 is 1.00 bits per heavy atom. The van der Waals surface area contributed by atoms with E-state index in [0.29, 0.717) is 5.56 Å². The summed E-state index contributed by atoms with van der Waals surface area (Å²) in [5, 5.41) is 0.524. The molecule has 0 bridgehead atoms. The van der Waals surface area contributed by atoms with Crippen LogP contribution in [0.4, 0.5) is 0 Å². The standard InChI is InChI=1S/C20H17N3O4/c1-2-27-20(26)15-16(12-8-4-3-5-9-12)22-18(24)13-10-6-7-11-14(13)19(25)23(22)17(15)21/h3-11,16H,2,21H2,1H3. The highest BCUT2D eigenvalue weighted by atomic mass is 16.5. The van der Waals surface area contributed by atoms with Crippen LogP contribution in [-0.4, -0.2) is 21.9 Å². The maximum Gasteiger partial charge on any atom is 0.340 e. The number of rotatable bonds is 3. The summed E-state index contributed by atoms with van der Waals surface area (Å²) in [6, 6.07) is 14.7. The van der Waals surface area contributed by atoms with Crippen molar-refractivity contribution in [2.75, 3.05) is 6.61 Å². The molecular weight excluding hydrogens is 346 g/mol. The number of fused-ring (bicyclic) bond motifs is 2. The third-order valence-electron chi connectivity index (χ3n) is 4.64. The van der Waals surface area contributed by atoms with Crippen LogP contribution in [0.25, 0.3) is 16.6 Å². The van der Waals surface area contributed by atoms with E-state index in [9.17, 15) is 14.4 Å². The Morgan fingerprint density at radius 3 is 2.22 bits per heavy atom. The molecule has 0 saturated carbocycles. The van der Waals surface area contributed by atoms with Crippen molar-refractivity contribution in [1.29, 1.82) is 0 Å². The fourth-order valence-electron chi connectivity index (χ4n) is 3.49. The third-order valence-corrected chi connectivity index (χ3v) is 4.64. The molecule has 0 spiro atoms. The average molecular weight is 363 g/mol. The Bertz CT molecular complexity index is 1210. The number of carbonyl (C=O) groups is 1. The number of benzene rings is 2. The fourth-order valence-corrected chi connectivity index (χ4v) is 3.49. The lowest BCUT2D eigenvalue weighted by atomic mass is 9.99. The van der Waals surface area contributed by atoms with Crippen LogP contribution in [0.2, 0.25) is 0 Å². The van der Waals surface area contributed by atoms with Gasteiger partial charge in [-0.05, 0) is 24.6 Å². The Hall–Kier alpha value is -3.61. The normalized spacial score (nSPS) is 15.8. The van der Waals surface area contributed by atoms with Crippen molar-refractivity contribution in [1.82, 2.24) is 9.36 Å². The van der Waals surface area contributed by atoms with Gasteiger partial charge in [0.15, 0.2) is 0 Å². The van der Waals surface area contributed by atoms with E-state index in [2.05, 4.69) is 0 Å². The van der Waals surface area contributed by atoms with E-state index in [4.69, 9.17) is 10.5 Å². The van der Waals surface area contributed by atoms with E-state index in [-0.39, 0.29) is 28.8 Å². The molecule has 7 nitrogen and oxygen atoms in total. The zero-order valence-corrected chi connectivity index (χ0v) is 14.6. The van der Waals surface area contributed by atoms with Crippen LogP contribution in [0, 0.1) is 0 Å². The number of hydrogen-bond acceptors (Lipinski definition) is 5. The fraction of sp³-hybridized carbons (Fsp3) is 0.150. The number of esters is 1. The highest BCUT2D eigenvalue weighted by Crippen LogP contribution is 2.33. The van der Waals surface area contributed by atoms with Gasteiger partial charge in [0, 0.05) is 0 Å². The molecule has 2 heterocycles. The van der Waals surface area contributed by atoms with E-state index in [1.54, 1.807) is 55.5 Å². The van der Waals surface area contributed by atoms with Crippen molar-refractivity contribution in [3.63, 3.8) is 0 Å². The maximum atomic E-state index is 13.2. The van der Waals surface area contributed by atoms with Gasteiger partial charge in [-0.25, -0.2) is 9.48 Å². The topological polar surface area (TPSA) is 96.3 Å². The molecule has 1 unspecified atom stereocenters. The first-order valence-electron chi connectivity index (χ1n) is 8.55. The van der Waals surface area contributed by atoms with Crippen molar-refractivity contribution in [2.24, 2.45) is 5.73 Å². The molecule has 1 aromatic heterocycles. The molecule has 1 aliphatic rings. The lowest BCUT2D eigenvalue weighted by Crippen LogP contribution is -2.38. The third kappa shape index (κ3) is 2.39. The van der Waals surface area contributed by atoms with Crippen molar-refractivity contribution in [2.45, 2.75) is 13.0 Å². The molecule has 27 heavy (non-hydrogen) atoms. The quantitative estimate of drug-likeness (QED) is 0.711. The van der Waals surface area contributed by atoms with Crippen LogP contribution >= 0.6 is 0 Å². The number of nitrogens with two attached hydrogens (primary N) is 1. The van der Waals surface area contributed by atoms with Gasteiger partial charge < -0.3 is 10.5 Å². The lowest BCUT2D eigenvalue weighted by molar-refractivity contribution is -0.138. The number of nitrogens with zero attached hydrogens (tertiary/aromatic N) is 2. The van der Waals surface area contributed by atoms with Gasteiger partial charge >= 0.3 is 5.97 Å². The molecular formula is C20H17N3O4. The summed E-state index contributed by atoms with van der Waals surface area (Å²) in [6.45, 7) is 1.83. The summed E-state index contributed by atoms with van der Waals surface area (Å²) in [5.41, 5.74) is 6.08. The zero-order valence-electron chi connectivity index (χ0n) is 14.6. The Labute approximate surface area is 153 Å². The Kier molecular flexibility index (Phi) is 3.92. The van der Waals surface area contributed by atoms with Crippen molar-refractivity contribution in [3.05, 3.63) is 86.4 Å². The van der Waals surface area contributed by atoms with Gasteiger partial charge in [0.25, 0.3) is 11.1 Å². The van der Waals surface area contributed by atoms with Crippen molar-refractivity contribution >= 4 is 22.6 Å². The van der Waals surface area contributed by atoms with Gasteiger partial charge in [0.2, 0.25) is 0 Å². The molecule has 3 aromatic rings. The minimum absolute atomic E-state index is 0.0811. The highest BCUT2D eigenvalue weighted by molar-refractivity contribution is 5.97. The van der Waals surface area contributed by atoms with Crippen LogP contribution in [0.1, 0.15) is 18.5 Å². The van der Waals surface area contributed by atoms with E-state index in [1.165, 1.54) is 4.68 Å². The highest BCUT2D eigenvalue weighted by Gasteiger charge is 2.38. The largest absolute Gasteiger partial charge is 0.462 e. The average Bonchev–Trinajstić information content (AvgIpc) is 3.00. The molecule has 0 amide bonds. The first kappa shape index (κ1) is 16.8. The summed E-state index contributed by atoms with van der Waals surface area (Å²) in [5.74, 6) is -0.738. The van der Waals surface area contributed by atoms with E-state index in [0.717, 1.165) is 4.68 Å². The second-order valence-corrected chi connectivity index (χ2v) is 6.14. The molecule has 2 aromatic carbocycles. The Balaban J connectivity index is 2.12. The molecule has 1 aliphatic heterocycles. The van der Waals surface area contributed by atoms with Gasteiger partial charge in [-0.15, -0.1) is 0 Å². The van der Waals surface area contributed by atoms with Crippen LogP contribution in [0.3, 0.4) is 0 Å². The summed E-state index contributed by atoms with van der Waals surface area (Å²) in [6.07, 6.45) is 0. The van der Waals surface area contributed by atoms with Crippen LogP contribution in [0.15, 0.2) is 69.8 Å². The minimum Gasteiger partial charge on any atom is -0.462 e. The number of ether oxygens (including phenoxy) is 1. The number of carbonyl (C=O) groups excluding carboxylic acids is 1. The van der Waals surface area contributed by atoms with E-state index >= 15 is 0 Å². The van der Waals surface area contributed by atoms with Crippen LogP contribution in [0.5, 0.6) is 0 Å². The van der Waals surface area contributed by atoms with Crippen LogP contribution < -0.4 is 16.9 Å². The molecule has 0 saturated heterocycles. The van der Waals surface area contributed by atoms with Crippen LogP contribution in [-0.2, 0) is 9.53 Å². The smallest absolute Gasteiger partial charge is 0.340 e. The summed E-state index contributed by atoms with van der Waals surface area (Å²) in [4.78, 5) is 38.9. The first-order valence-corrected chi connectivity index (χ1v) is 8.55. The summed E-state index contributed by atoms with van der Waals surface area (Å²) < 4.78 is 7.46. The number of hydrogen-bond donors (Lipinski definition) is 1. The maximum absolute atomic E-state index is 13.2. The molecule has 7 heteroatoms. The van der Waals surface area contributed by atoms with Gasteiger partial charge in [-0.3, -0.25) is 9.59 Å². The molecule has 0 radical (unpaired) electrons. The van der Waals surface area contributed by atoms with E-state index in [1.807, 2.05) is 6.07 Å². The summed E-state index contributed by atoms with van der Waals surface area (Å²) in [7, 11) is 0. The molecule has 0 aliphatic carbocycles. The lowest BCUT2D eigenvalue weighted by Gasteiger charge is -2.18. The predicted molar refractivity (Wildman–Crippen MR) is 101 cm³/mol. The van der Waals surface area contributed by atoms with E-state index < -0.39 is 23.1 Å². The van der Waals surface area contributed by atoms with Gasteiger partial charge in [-0.1, -0.05) is 42.5 Å². The molecule has 0 fully saturated rings. The molecule has 4 rings (SSSR count). The van der Waals surface area contributed by atoms with Gasteiger partial charge in [-0.2, -0.15) is 4.68 Å². The molecule has 136 valence electrons. The molecule has 2 N–H and O–H groups in total. The Morgan fingerprint density at radius 2 is 1.59 bits per heavy atom. The number of aromatic nitrogens is 2. The monoisotopic (exact) mass is 363 g/mol. The second-order valence-electron chi connectivity index (χ2n) is 6.14. The van der Waals surface area contributed by atoms with Crippen molar-refractivity contribution < 1.29 is 9.53 Å².